The van der Waals surface area contributed by atoms with E-state index in [4.69, 9.17) is 12.2 Å². The second kappa shape index (κ2) is 7.30. The second-order valence-corrected chi connectivity index (χ2v) is 3.93. The molecule has 0 saturated carbocycles. The van der Waals surface area contributed by atoms with Gasteiger partial charge in [-0.2, -0.15) is 0 Å². The van der Waals surface area contributed by atoms with E-state index in [-0.39, 0.29) is 17.9 Å². The summed E-state index contributed by atoms with van der Waals surface area (Å²) in [5.74, 6) is 2.66. The van der Waals surface area contributed by atoms with Crippen LogP contribution in [0.1, 0.15) is 40.0 Å². The van der Waals surface area contributed by atoms with Gasteiger partial charge >= 0.3 is 0 Å². The molecule has 0 bridgehead atoms. The fourth-order valence-electron chi connectivity index (χ4n) is 1.25. The van der Waals surface area contributed by atoms with Crippen molar-refractivity contribution in [3.8, 4) is 12.3 Å². The van der Waals surface area contributed by atoms with Gasteiger partial charge in [-0.05, 0) is 12.3 Å². The number of terminal acetylenes is 1. The van der Waals surface area contributed by atoms with Gasteiger partial charge in [-0.1, -0.05) is 27.2 Å². The van der Waals surface area contributed by atoms with Gasteiger partial charge in [-0.3, -0.25) is 4.79 Å². The molecule has 0 aliphatic rings. The number of hydrogen-bond acceptors (Lipinski definition) is 2. The van der Waals surface area contributed by atoms with Crippen LogP contribution in [0.5, 0.6) is 0 Å². The first-order chi connectivity index (χ1) is 7.06. The Kier molecular flexibility index (Phi) is 6.81. The van der Waals surface area contributed by atoms with E-state index in [0.717, 1.165) is 12.8 Å². The maximum atomic E-state index is 11.7. The van der Waals surface area contributed by atoms with Crippen LogP contribution in [-0.2, 0) is 4.79 Å². The zero-order valence-corrected chi connectivity index (χ0v) is 9.92. The number of nitrogens with two attached hydrogens (primary N) is 1. The molecule has 0 aromatic carbocycles. The Morgan fingerprint density at radius 2 is 2.07 bits per heavy atom. The molecule has 0 fully saturated rings. The number of hydrogen-bond donors (Lipinski definition) is 2. The molecule has 0 aromatic heterocycles. The Morgan fingerprint density at radius 3 is 2.47 bits per heavy atom. The molecular formula is C12H22N2O. The summed E-state index contributed by atoms with van der Waals surface area (Å²) >= 11 is 0. The second-order valence-electron chi connectivity index (χ2n) is 3.93. The molecule has 0 spiro atoms. The van der Waals surface area contributed by atoms with Crippen molar-refractivity contribution in [3.05, 3.63) is 0 Å². The third kappa shape index (κ3) is 4.85. The fourth-order valence-corrected chi connectivity index (χ4v) is 1.25. The summed E-state index contributed by atoms with van der Waals surface area (Å²) in [4.78, 5) is 11.7. The van der Waals surface area contributed by atoms with Crippen molar-refractivity contribution in [2.24, 2.45) is 11.7 Å². The Hall–Kier alpha value is -1.01. The number of amides is 1. The summed E-state index contributed by atoms with van der Waals surface area (Å²) in [6, 6.07) is -0.376. The van der Waals surface area contributed by atoms with Crippen molar-refractivity contribution in [3.63, 3.8) is 0 Å². The summed E-state index contributed by atoms with van der Waals surface area (Å²) in [6.07, 6.45) is 7.51. The summed E-state index contributed by atoms with van der Waals surface area (Å²) in [6.45, 7) is 6.00. The molecule has 1 amide bonds. The third-order valence-electron chi connectivity index (χ3n) is 2.76. The van der Waals surface area contributed by atoms with Crippen LogP contribution in [0.4, 0.5) is 0 Å². The van der Waals surface area contributed by atoms with Crippen molar-refractivity contribution in [1.29, 1.82) is 0 Å². The molecule has 0 rings (SSSR count). The van der Waals surface area contributed by atoms with Crippen LogP contribution in [0, 0.1) is 18.3 Å². The van der Waals surface area contributed by atoms with Gasteiger partial charge in [0.25, 0.3) is 0 Å². The minimum absolute atomic E-state index is 0.0533. The lowest BCUT2D eigenvalue weighted by atomic mass is 9.99. The smallest absolute Gasteiger partial charge is 0.237 e. The average molecular weight is 210 g/mol. The molecule has 3 atom stereocenters. The van der Waals surface area contributed by atoms with E-state index in [1.807, 2.05) is 20.8 Å². The van der Waals surface area contributed by atoms with Crippen molar-refractivity contribution in [2.75, 3.05) is 0 Å². The molecule has 15 heavy (non-hydrogen) atoms. The molecule has 86 valence electrons. The van der Waals surface area contributed by atoms with Crippen LogP contribution in [0.15, 0.2) is 0 Å². The number of rotatable bonds is 6. The number of nitrogens with one attached hydrogen (secondary N) is 1. The van der Waals surface area contributed by atoms with Crippen LogP contribution < -0.4 is 11.1 Å². The lowest BCUT2D eigenvalue weighted by Gasteiger charge is -2.21. The van der Waals surface area contributed by atoms with Gasteiger partial charge < -0.3 is 11.1 Å². The maximum Gasteiger partial charge on any atom is 0.237 e. The van der Waals surface area contributed by atoms with Crippen LogP contribution >= 0.6 is 0 Å². The lowest BCUT2D eigenvalue weighted by molar-refractivity contribution is -0.124. The van der Waals surface area contributed by atoms with Crippen LogP contribution in [-0.4, -0.2) is 18.0 Å². The van der Waals surface area contributed by atoms with E-state index in [9.17, 15) is 4.79 Å². The van der Waals surface area contributed by atoms with Crippen molar-refractivity contribution < 1.29 is 4.79 Å². The van der Waals surface area contributed by atoms with E-state index in [2.05, 4.69) is 11.2 Å². The van der Waals surface area contributed by atoms with E-state index >= 15 is 0 Å². The van der Waals surface area contributed by atoms with Crippen LogP contribution in [0.2, 0.25) is 0 Å². The zero-order chi connectivity index (χ0) is 11.8. The fraction of sp³-hybridized carbons (Fsp3) is 0.750. The maximum absolute atomic E-state index is 11.7. The molecule has 0 saturated heterocycles. The highest BCUT2D eigenvalue weighted by Gasteiger charge is 2.20. The van der Waals surface area contributed by atoms with Crippen molar-refractivity contribution in [2.45, 2.75) is 52.1 Å². The molecule has 0 radical (unpaired) electrons. The average Bonchev–Trinajstić information content (AvgIpc) is 2.26. The highest BCUT2D eigenvalue weighted by Crippen LogP contribution is 2.06. The van der Waals surface area contributed by atoms with Crippen LogP contribution in [0.25, 0.3) is 0 Å². The summed E-state index contributed by atoms with van der Waals surface area (Å²) in [5.41, 5.74) is 5.81. The summed E-state index contributed by atoms with van der Waals surface area (Å²) < 4.78 is 0. The normalized spacial score (nSPS) is 16.2. The molecule has 0 heterocycles. The minimum atomic E-state index is -0.429. The van der Waals surface area contributed by atoms with Crippen molar-refractivity contribution in [1.82, 2.24) is 5.32 Å². The number of carbonyl (C=O) groups is 1. The Labute approximate surface area is 92.8 Å². The Bertz CT molecular complexity index is 232. The third-order valence-corrected chi connectivity index (χ3v) is 2.76. The van der Waals surface area contributed by atoms with Gasteiger partial charge in [0.2, 0.25) is 5.91 Å². The first-order valence-corrected chi connectivity index (χ1v) is 5.56. The first kappa shape index (κ1) is 14.0. The first-order valence-electron chi connectivity index (χ1n) is 5.56. The van der Waals surface area contributed by atoms with E-state index in [1.54, 1.807) is 0 Å². The highest BCUT2D eigenvalue weighted by molar-refractivity contribution is 5.82. The molecular weight excluding hydrogens is 188 g/mol. The molecule has 0 aliphatic carbocycles. The van der Waals surface area contributed by atoms with Gasteiger partial charge in [-0.25, -0.2) is 0 Å². The molecule has 3 heteroatoms. The van der Waals surface area contributed by atoms with E-state index in [0.29, 0.717) is 6.42 Å². The predicted molar refractivity (Wildman–Crippen MR) is 63.1 cm³/mol. The largest absolute Gasteiger partial charge is 0.351 e. The van der Waals surface area contributed by atoms with E-state index in [1.165, 1.54) is 0 Å². The molecule has 1 unspecified atom stereocenters. The topological polar surface area (TPSA) is 55.1 Å². The lowest BCUT2D eigenvalue weighted by Crippen LogP contribution is -2.48. The van der Waals surface area contributed by atoms with E-state index < -0.39 is 6.04 Å². The standard InChI is InChI=1S/C12H22N2O/c1-5-8-10(7-3)14-12(15)11(13)9(4)6-2/h1,9-11H,6-8,13H2,2-4H3,(H,14,15)/t9-,10?,11-/m0/s1. The highest BCUT2D eigenvalue weighted by atomic mass is 16.2. The molecule has 0 aliphatic heterocycles. The molecule has 3 N–H and O–H groups in total. The minimum Gasteiger partial charge on any atom is -0.351 e. The number of carbonyl (C=O) groups excluding carboxylic acids is 1. The van der Waals surface area contributed by atoms with Gasteiger partial charge in [0.1, 0.15) is 0 Å². The molecule has 3 nitrogen and oxygen atoms in total. The Morgan fingerprint density at radius 1 is 1.47 bits per heavy atom. The van der Waals surface area contributed by atoms with Crippen LogP contribution in [0.3, 0.4) is 0 Å². The predicted octanol–water partition coefficient (Wildman–Crippen LogP) is 1.28. The van der Waals surface area contributed by atoms with Gasteiger partial charge in [0, 0.05) is 12.5 Å². The molecule has 0 aromatic rings. The SMILES string of the molecule is C#CCC(CC)NC(=O)[C@@H](N)[C@@H](C)CC. The monoisotopic (exact) mass is 210 g/mol. The van der Waals surface area contributed by atoms with Gasteiger partial charge in [0.05, 0.1) is 6.04 Å². The van der Waals surface area contributed by atoms with Gasteiger partial charge in [0.15, 0.2) is 0 Å². The summed E-state index contributed by atoms with van der Waals surface area (Å²) in [5, 5.41) is 2.88. The van der Waals surface area contributed by atoms with Crippen molar-refractivity contribution >= 4 is 5.91 Å². The Balaban J connectivity index is 4.16. The quantitative estimate of drug-likeness (QED) is 0.649. The zero-order valence-electron chi connectivity index (χ0n) is 9.92. The summed E-state index contributed by atoms with van der Waals surface area (Å²) in [7, 11) is 0. The van der Waals surface area contributed by atoms with Gasteiger partial charge in [-0.15, -0.1) is 12.3 Å².